The maximum absolute atomic E-state index is 12.2. The number of amides is 1. The fraction of sp³-hybridized carbons (Fsp3) is 0.636. The molecular weight excluding hydrogens is 356 g/mol. The normalized spacial score (nSPS) is 23.2. The summed E-state index contributed by atoms with van der Waals surface area (Å²) in [6.07, 6.45) is 0.583. The average Bonchev–Trinajstić information content (AvgIpc) is 2.52. The molecule has 0 aromatic heterocycles. The second kappa shape index (κ2) is 7.64. The number of carbonyl (C=O) groups excluding carboxylic acids is 1. The van der Waals surface area contributed by atoms with Gasteiger partial charge in [-0.05, 0) is 70.2 Å². The van der Waals surface area contributed by atoms with E-state index in [-0.39, 0.29) is 23.0 Å². The van der Waals surface area contributed by atoms with Crippen LogP contribution in [0.5, 0.6) is 0 Å². The van der Waals surface area contributed by atoms with Crippen molar-refractivity contribution in [3.8, 4) is 0 Å². The zero-order chi connectivity index (χ0) is 21.3. The number of benzene rings is 1. The summed E-state index contributed by atoms with van der Waals surface area (Å²) >= 11 is 0. The standard InChI is InChI=1S/C22H34N2O4/c1-20(2,3)17-14-22(7,12-13-24(17)19(26)27)23-16-10-8-15(9-11-16)18(25)28-21(4,5)6/h8-11,17,23H,12-14H2,1-7H3,(H,26,27). The lowest BCUT2D eigenvalue weighted by Crippen LogP contribution is -2.58. The Hall–Kier alpha value is -2.24. The van der Waals surface area contributed by atoms with E-state index in [0.717, 1.165) is 18.5 Å². The predicted molar refractivity (Wildman–Crippen MR) is 111 cm³/mol. The molecule has 1 aliphatic heterocycles. The van der Waals surface area contributed by atoms with E-state index in [2.05, 4.69) is 33.0 Å². The lowest BCUT2D eigenvalue weighted by molar-refractivity contribution is 0.00694. The summed E-state index contributed by atoms with van der Waals surface area (Å²) in [6.45, 7) is 14.4. The maximum atomic E-state index is 12.2. The molecule has 0 aliphatic carbocycles. The minimum atomic E-state index is -0.858. The quantitative estimate of drug-likeness (QED) is 0.710. The molecule has 1 aromatic rings. The van der Waals surface area contributed by atoms with Crippen molar-refractivity contribution >= 4 is 17.7 Å². The number of ether oxygens (including phenoxy) is 1. The van der Waals surface area contributed by atoms with Crippen LogP contribution in [0, 0.1) is 5.41 Å². The maximum Gasteiger partial charge on any atom is 0.407 e. The molecule has 1 heterocycles. The molecule has 1 saturated heterocycles. The molecule has 2 N–H and O–H groups in total. The molecule has 1 amide bonds. The molecule has 2 atom stereocenters. The zero-order valence-electron chi connectivity index (χ0n) is 18.1. The van der Waals surface area contributed by atoms with Gasteiger partial charge >= 0.3 is 12.1 Å². The number of piperidine rings is 1. The summed E-state index contributed by atoms with van der Waals surface area (Å²) in [5, 5.41) is 13.1. The topological polar surface area (TPSA) is 78.9 Å². The Morgan fingerprint density at radius 2 is 1.71 bits per heavy atom. The monoisotopic (exact) mass is 390 g/mol. The zero-order valence-corrected chi connectivity index (χ0v) is 18.1. The van der Waals surface area contributed by atoms with Crippen molar-refractivity contribution in [2.24, 2.45) is 5.41 Å². The van der Waals surface area contributed by atoms with Crippen LogP contribution in [0.25, 0.3) is 0 Å². The van der Waals surface area contributed by atoms with Gasteiger partial charge in [0.15, 0.2) is 0 Å². The Morgan fingerprint density at radius 3 is 2.18 bits per heavy atom. The van der Waals surface area contributed by atoms with Crippen molar-refractivity contribution in [3.05, 3.63) is 29.8 Å². The number of anilines is 1. The first-order valence-electron chi connectivity index (χ1n) is 9.81. The number of nitrogens with one attached hydrogen (secondary N) is 1. The van der Waals surface area contributed by atoms with E-state index in [1.54, 1.807) is 17.0 Å². The molecule has 0 saturated carbocycles. The lowest BCUT2D eigenvalue weighted by atomic mass is 9.74. The molecule has 1 fully saturated rings. The third-order valence-electron chi connectivity index (χ3n) is 5.14. The van der Waals surface area contributed by atoms with Gasteiger partial charge in [-0.3, -0.25) is 0 Å². The second-order valence-electron chi connectivity index (χ2n) is 10.1. The SMILES string of the molecule is CC1(Nc2ccc(C(=O)OC(C)(C)C)cc2)CCN(C(=O)O)C(C(C)(C)C)C1. The highest BCUT2D eigenvalue weighted by Gasteiger charge is 2.43. The number of hydrogen-bond acceptors (Lipinski definition) is 4. The van der Waals surface area contributed by atoms with Gasteiger partial charge in [0.2, 0.25) is 0 Å². The summed E-state index contributed by atoms with van der Waals surface area (Å²) in [5.74, 6) is -0.340. The van der Waals surface area contributed by atoms with Gasteiger partial charge in [0.25, 0.3) is 0 Å². The van der Waals surface area contributed by atoms with Crippen molar-refractivity contribution in [1.29, 1.82) is 0 Å². The third kappa shape index (κ3) is 5.63. The van der Waals surface area contributed by atoms with Crippen LogP contribution in [0.15, 0.2) is 24.3 Å². The molecule has 1 aromatic carbocycles. The average molecular weight is 391 g/mol. The summed E-state index contributed by atoms with van der Waals surface area (Å²) in [4.78, 5) is 25.4. The number of likely N-dealkylation sites (tertiary alicyclic amines) is 1. The summed E-state index contributed by atoms with van der Waals surface area (Å²) in [6, 6.07) is 7.19. The van der Waals surface area contributed by atoms with Gasteiger partial charge < -0.3 is 20.1 Å². The van der Waals surface area contributed by atoms with Crippen LogP contribution < -0.4 is 5.32 Å². The largest absolute Gasteiger partial charge is 0.465 e. The number of carboxylic acid groups (broad SMARTS) is 1. The van der Waals surface area contributed by atoms with E-state index in [1.807, 2.05) is 32.9 Å². The first-order valence-corrected chi connectivity index (χ1v) is 9.81. The van der Waals surface area contributed by atoms with Crippen molar-refractivity contribution < 1.29 is 19.4 Å². The van der Waals surface area contributed by atoms with E-state index >= 15 is 0 Å². The first-order chi connectivity index (χ1) is 12.7. The van der Waals surface area contributed by atoms with E-state index in [0.29, 0.717) is 12.1 Å². The van der Waals surface area contributed by atoms with Gasteiger partial charge in [-0.1, -0.05) is 20.8 Å². The number of hydrogen-bond donors (Lipinski definition) is 2. The number of rotatable bonds is 3. The Labute approximate surface area is 168 Å². The molecule has 0 spiro atoms. The third-order valence-corrected chi connectivity index (χ3v) is 5.14. The van der Waals surface area contributed by atoms with Crippen LogP contribution in [0.1, 0.15) is 71.7 Å². The minimum Gasteiger partial charge on any atom is -0.465 e. The van der Waals surface area contributed by atoms with Crippen molar-refractivity contribution in [2.75, 3.05) is 11.9 Å². The first kappa shape index (κ1) is 22.1. The van der Waals surface area contributed by atoms with Crippen LogP contribution >= 0.6 is 0 Å². The number of nitrogens with zero attached hydrogens (tertiary/aromatic N) is 1. The van der Waals surface area contributed by atoms with Gasteiger partial charge in [0.05, 0.1) is 5.56 Å². The Balaban J connectivity index is 2.12. The molecule has 6 nitrogen and oxygen atoms in total. The Morgan fingerprint density at radius 1 is 1.14 bits per heavy atom. The van der Waals surface area contributed by atoms with Crippen LogP contribution in [-0.4, -0.2) is 45.8 Å². The summed E-state index contributed by atoms with van der Waals surface area (Å²) < 4.78 is 5.40. The van der Waals surface area contributed by atoms with Crippen LogP contribution in [0.3, 0.4) is 0 Å². The molecular formula is C22H34N2O4. The van der Waals surface area contributed by atoms with E-state index in [4.69, 9.17) is 4.74 Å². The summed E-state index contributed by atoms with van der Waals surface area (Å²) in [7, 11) is 0. The Kier molecular flexibility index (Phi) is 6.02. The number of esters is 1. The fourth-order valence-corrected chi connectivity index (χ4v) is 3.65. The van der Waals surface area contributed by atoms with Gasteiger partial charge in [0, 0.05) is 23.8 Å². The van der Waals surface area contributed by atoms with Gasteiger partial charge in [-0.2, -0.15) is 0 Å². The van der Waals surface area contributed by atoms with Crippen LogP contribution in [-0.2, 0) is 4.74 Å². The van der Waals surface area contributed by atoms with E-state index in [9.17, 15) is 14.7 Å². The molecule has 6 heteroatoms. The highest BCUT2D eigenvalue weighted by molar-refractivity contribution is 5.90. The van der Waals surface area contributed by atoms with Crippen LogP contribution in [0.2, 0.25) is 0 Å². The second-order valence-corrected chi connectivity index (χ2v) is 10.1. The number of carbonyl (C=O) groups is 2. The van der Waals surface area contributed by atoms with E-state index in [1.165, 1.54) is 0 Å². The molecule has 2 rings (SSSR count). The van der Waals surface area contributed by atoms with Gasteiger partial charge in [-0.25, -0.2) is 9.59 Å². The highest BCUT2D eigenvalue weighted by Crippen LogP contribution is 2.38. The molecule has 2 unspecified atom stereocenters. The molecule has 28 heavy (non-hydrogen) atoms. The van der Waals surface area contributed by atoms with Crippen LogP contribution in [0.4, 0.5) is 10.5 Å². The summed E-state index contributed by atoms with van der Waals surface area (Å²) in [5.41, 5.74) is 0.520. The molecule has 1 aliphatic rings. The van der Waals surface area contributed by atoms with Crippen molar-refractivity contribution in [1.82, 2.24) is 4.90 Å². The van der Waals surface area contributed by atoms with E-state index < -0.39 is 11.7 Å². The molecule has 156 valence electrons. The van der Waals surface area contributed by atoms with Crippen molar-refractivity contribution in [2.45, 2.75) is 78.5 Å². The van der Waals surface area contributed by atoms with Gasteiger partial charge in [0.1, 0.15) is 5.60 Å². The fourth-order valence-electron chi connectivity index (χ4n) is 3.65. The highest BCUT2D eigenvalue weighted by atomic mass is 16.6. The van der Waals surface area contributed by atoms with Crippen molar-refractivity contribution in [3.63, 3.8) is 0 Å². The van der Waals surface area contributed by atoms with Gasteiger partial charge in [-0.15, -0.1) is 0 Å². The predicted octanol–water partition coefficient (Wildman–Crippen LogP) is 5.00. The smallest absolute Gasteiger partial charge is 0.407 e. The Bertz CT molecular complexity index is 716. The minimum absolute atomic E-state index is 0.0720. The molecule has 0 radical (unpaired) electrons. The molecule has 0 bridgehead atoms. The lowest BCUT2D eigenvalue weighted by Gasteiger charge is -2.49.